The molecular formula is C16H18N4O4S2. The van der Waals surface area contributed by atoms with E-state index in [1.54, 1.807) is 18.2 Å². The smallest absolute Gasteiger partial charge is 0.253 e. The zero-order chi connectivity index (χ0) is 19.1. The van der Waals surface area contributed by atoms with Crippen LogP contribution in [0.5, 0.6) is 0 Å². The molecule has 8 nitrogen and oxygen atoms in total. The Morgan fingerprint density at radius 1 is 1.42 bits per heavy atom. The molecule has 0 unspecified atom stereocenters. The second-order valence-electron chi connectivity index (χ2n) is 6.14. The van der Waals surface area contributed by atoms with Gasteiger partial charge in [-0.25, -0.2) is 13.4 Å². The number of sulfonamides is 1. The van der Waals surface area contributed by atoms with Crippen molar-refractivity contribution in [1.82, 2.24) is 9.97 Å². The van der Waals surface area contributed by atoms with E-state index in [9.17, 15) is 18.0 Å². The highest BCUT2D eigenvalue weighted by molar-refractivity contribution is 7.99. The predicted octanol–water partition coefficient (Wildman–Crippen LogP) is 1.04. The first-order valence-electron chi connectivity index (χ1n) is 7.80. The van der Waals surface area contributed by atoms with Crippen LogP contribution in [0.3, 0.4) is 0 Å². The summed E-state index contributed by atoms with van der Waals surface area (Å²) in [5, 5.41) is 0.279. The van der Waals surface area contributed by atoms with Crippen LogP contribution in [0.25, 0.3) is 0 Å². The summed E-state index contributed by atoms with van der Waals surface area (Å²) in [7, 11) is -3.36. The van der Waals surface area contributed by atoms with Crippen LogP contribution in [0.2, 0.25) is 0 Å². The van der Waals surface area contributed by atoms with Crippen LogP contribution in [0.15, 0.2) is 34.2 Å². The number of nitrogens with two attached hydrogens (primary N) is 1. The molecule has 0 aliphatic carbocycles. The number of benzene rings is 1. The third-order valence-electron chi connectivity index (χ3n) is 3.99. The zero-order valence-electron chi connectivity index (χ0n) is 14.2. The number of nitrogens with zero attached hydrogens (tertiary/aromatic N) is 2. The average Bonchev–Trinajstić information content (AvgIpc) is 2.86. The minimum absolute atomic E-state index is 0.0799. The maximum absolute atomic E-state index is 12.4. The summed E-state index contributed by atoms with van der Waals surface area (Å²) < 4.78 is 25.3. The molecule has 1 aliphatic heterocycles. The lowest BCUT2D eigenvalue weighted by atomic mass is 10.0. The van der Waals surface area contributed by atoms with E-state index < -0.39 is 10.0 Å². The van der Waals surface area contributed by atoms with Gasteiger partial charge in [0.25, 0.3) is 5.56 Å². The maximum atomic E-state index is 12.4. The number of rotatable bonds is 5. The minimum Gasteiger partial charge on any atom is -0.383 e. The van der Waals surface area contributed by atoms with Crippen molar-refractivity contribution in [1.29, 1.82) is 0 Å². The molecule has 138 valence electrons. The summed E-state index contributed by atoms with van der Waals surface area (Å²) in [5.74, 6) is 0.0284. The van der Waals surface area contributed by atoms with Crippen molar-refractivity contribution >= 4 is 39.1 Å². The number of aromatic amines is 1. The molecule has 0 spiro atoms. The van der Waals surface area contributed by atoms with Crippen LogP contribution < -0.4 is 15.6 Å². The van der Waals surface area contributed by atoms with E-state index in [0.717, 1.165) is 17.3 Å². The summed E-state index contributed by atoms with van der Waals surface area (Å²) in [6.45, 7) is 1.83. The highest BCUT2D eigenvalue weighted by Crippen LogP contribution is 2.35. The standard InChI is InChI=1S/C16H18N4O4S2/c1-9-5-11-6-10(3-4-12(11)20(9)26(2,23)24)13(21)8-25-16-18-14(17)7-15(22)19-16/h3-4,6-7,9H,5,8H2,1-2H3,(H3,17,18,19,22)/t9-/m1/s1. The van der Waals surface area contributed by atoms with E-state index in [-0.39, 0.29) is 34.1 Å². The summed E-state index contributed by atoms with van der Waals surface area (Å²) in [6, 6.07) is 6.00. The van der Waals surface area contributed by atoms with Gasteiger partial charge < -0.3 is 10.7 Å². The van der Waals surface area contributed by atoms with E-state index in [1.165, 1.54) is 16.6 Å². The third kappa shape index (κ3) is 3.75. The van der Waals surface area contributed by atoms with Crippen LogP contribution in [-0.4, -0.2) is 42.2 Å². The number of aromatic nitrogens is 2. The zero-order valence-corrected chi connectivity index (χ0v) is 15.9. The number of carbonyl (C=O) groups is 1. The maximum Gasteiger partial charge on any atom is 0.253 e. The van der Waals surface area contributed by atoms with Crippen LogP contribution >= 0.6 is 11.8 Å². The number of hydrogen-bond donors (Lipinski definition) is 2. The minimum atomic E-state index is -3.36. The van der Waals surface area contributed by atoms with Gasteiger partial charge in [0.05, 0.1) is 17.7 Å². The molecule has 1 aromatic heterocycles. The van der Waals surface area contributed by atoms with Crippen LogP contribution in [0.4, 0.5) is 11.5 Å². The highest BCUT2D eigenvalue weighted by atomic mass is 32.2. The SMILES string of the molecule is C[C@@H]1Cc2cc(C(=O)CSc3nc(N)cc(=O)[nH]3)ccc2N1S(C)(=O)=O. The lowest BCUT2D eigenvalue weighted by molar-refractivity contribution is 0.102. The number of fused-ring (bicyclic) bond motifs is 1. The van der Waals surface area contributed by atoms with Gasteiger partial charge >= 0.3 is 0 Å². The van der Waals surface area contributed by atoms with E-state index in [4.69, 9.17) is 5.73 Å². The molecule has 2 heterocycles. The molecule has 3 rings (SSSR count). The van der Waals surface area contributed by atoms with Gasteiger partial charge in [0.1, 0.15) is 5.82 Å². The third-order valence-corrected chi connectivity index (χ3v) is 6.14. The second-order valence-corrected chi connectivity index (χ2v) is 8.97. The number of anilines is 2. The lowest BCUT2D eigenvalue weighted by Crippen LogP contribution is -2.34. The molecule has 1 aliphatic rings. The number of thioether (sulfide) groups is 1. The van der Waals surface area contributed by atoms with Crippen molar-refractivity contribution < 1.29 is 13.2 Å². The Balaban J connectivity index is 1.78. The van der Waals surface area contributed by atoms with Gasteiger partial charge in [-0.05, 0) is 37.1 Å². The Morgan fingerprint density at radius 3 is 2.81 bits per heavy atom. The molecule has 10 heteroatoms. The number of ketones is 1. The van der Waals surface area contributed by atoms with Crippen LogP contribution in [0.1, 0.15) is 22.8 Å². The number of hydrogen-bond acceptors (Lipinski definition) is 7. The molecule has 0 fully saturated rings. The molecular weight excluding hydrogens is 376 g/mol. The summed E-state index contributed by atoms with van der Waals surface area (Å²) in [5.41, 5.74) is 7.08. The molecule has 0 bridgehead atoms. The molecule has 1 atom stereocenters. The van der Waals surface area contributed by atoms with E-state index in [0.29, 0.717) is 17.7 Å². The van der Waals surface area contributed by atoms with E-state index in [2.05, 4.69) is 9.97 Å². The molecule has 1 aromatic carbocycles. The Kier molecular flexibility index (Phi) is 4.80. The summed E-state index contributed by atoms with van der Waals surface area (Å²) >= 11 is 1.09. The van der Waals surface area contributed by atoms with Crippen LogP contribution in [-0.2, 0) is 16.4 Å². The number of Topliss-reactive ketones (excluding diaryl/α,β-unsaturated/α-hetero) is 1. The summed E-state index contributed by atoms with van der Waals surface area (Å²) in [6.07, 6.45) is 1.73. The lowest BCUT2D eigenvalue weighted by Gasteiger charge is -2.21. The van der Waals surface area contributed by atoms with Gasteiger partial charge in [0.2, 0.25) is 10.0 Å². The van der Waals surface area contributed by atoms with Crippen molar-refractivity contribution in [2.45, 2.75) is 24.5 Å². The summed E-state index contributed by atoms with van der Waals surface area (Å²) in [4.78, 5) is 30.3. The van der Waals surface area contributed by atoms with Crippen LogP contribution in [0, 0.1) is 0 Å². The number of nitrogens with one attached hydrogen (secondary N) is 1. The van der Waals surface area contributed by atoms with Crippen molar-refractivity contribution in [2.24, 2.45) is 0 Å². The van der Waals surface area contributed by atoms with Gasteiger partial charge in [-0.1, -0.05) is 11.8 Å². The van der Waals surface area contributed by atoms with Gasteiger partial charge in [0.15, 0.2) is 10.9 Å². The normalized spacial score (nSPS) is 16.5. The quantitative estimate of drug-likeness (QED) is 0.441. The fourth-order valence-corrected chi connectivity index (χ4v) is 5.06. The predicted molar refractivity (Wildman–Crippen MR) is 101 cm³/mol. The monoisotopic (exact) mass is 394 g/mol. The largest absolute Gasteiger partial charge is 0.383 e. The van der Waals surface area contributed by atoms with Crippen molar-refractivity contribution in [3.8, 4) is 0 Å². The molecule has 26 heavy (non-hydrogen) atoms. The fourth-order valence-electron chi connectivity index (χ4n) is 3.02. The van der Waals surface area contributed by atoms with Gasteiger partial charge in [-0.2, -0.15) is 0 Å². The molecule has 0 saturated heterocycles. The van der Waals surface area contributed by atoms with Crippen molar-refractivity contribution in [2.75, 3.05) is 22.0 Å². The number of nitrogen functional groups attached to an aromatic ring is 1. The molecule has 0 amide bonds. The van der Waals surface area contributed by atoms with Gasteiger partial charge in [-0.15, -0.1) is 0 Å². The Morgan fingerprint density at radius 2 is 2.15 bits per heavy atom. The first-order valence-corrected chi connectivity index (χ1v) is 10.6. The highest BCUT2D eigenvalue weighted by Gasteiger charge is 2.32. The Hall–Kier alpha value is -2.33. The second kappa shape index (κ2) is 6.76. The van der Waals surface area contributed by atoms with Gasteiger partial charge in [0, 0.05) is 17.7 Å². The Bertz CT molecular complexity index is 1030. The fraction of sp³-hybridized carbons (Fsp3) is 0.312. The molecule has 0 saturated carbocycles. The first kappa shape index (κ1) is 18.5. The molecule has 0 radical (unpaired) electrons. The topological polar surface area (TPSA) is 126 Å². The molecule has 2 aromatic rings. The number of H-pyrrole nitrogens is 1. The van der Waals surface area contributed by atoms with Gasteiger partial charge in [-0.3, -0.25) is 13.9 Å². The molecule has 3 N–H and O–H groups in total. The van der Waals surface area contributed by atoms with Crippen molar-refractivity contribution in [3.63, 3.8) is 0 Å². The van der Waals surface area contributed by atoms with Crippen molar-refractivity contribution in [3.05, 3.63) is 45.7 Å². The van der Waals surface area contributed by atoms with E-state index in [1.807, 2.05) is 6.92 Å². The van der Waals surface area contributed by atoms with E-state index >= 15 is 0 Å². The Labute approximate surface area is 154 Å². The number of carbonyl (C=O) groups excluding carboxylic acids is 1. The average molecular weight is 394 g/mol. The first-order chi connectivity index (χ1) is 12.1.